The second kappa shape index (κ2) is 9.85. The van der Waals surface area contributed by atoms with Crippen molar-refractivity contribution in [2.45, 2.75) is 20.0 Å². The quantitative estimate of drug-likeness (QED) is 0.756. The molecule has 2 aromatic carbocycles. The normalized spacial score (nSPS) is 10.5. The van der Waals surface area contributed by atoms with Gasteiger partial charge in [0, 0.05) is 52.6 Å². The van der Waals surface area contributed by atoms with E-state index in [0.717, 1.165) is 16.8 Å². The Morgan fingerprint density at radius 1 is 1.07 bits per heavy atom. The number of amides is 2. The van der Waals surface area contributed by atoms with Crippen molar-refractivity contribution in [1.82, 2.24) is 4.90 Å². The Hall–Kier alpha value is -2.93. The van der Waals surface area contributed by atoms with Gasteiger partial charge in [0.2, 0.25) is 11.8 Å². The summed E-state index contributed by atoms with van der Waals surface area (Å²) in [6.45, 7) is 2.19. The number of benzene rings is 2. The number of carbonyl (C=O) groups is 2. The zero-order valence-corrected chi connectivity index (χ0v) is 16.7. The van der Waals surface area contributed by atoms with Gasteiger partial charge in [-0.05, 0) is 41.5 Å². The molecule has 150 valence electrons. The zero-order chi connectivity index (χ0) is 20.7. The number of methoxy groups -OCH3 is 1. The molecule has 0 radical (unpaired) electrons. The Bertz CT molecular complexity index is 822. The molecule has 7 heteroatoms. The van der Waals surface area contributed by atoms with Crippen molar-refractivity contribution in [2.24, 2.45) is 0 Å². The van der Waals surface area contributed by atoms with Gasteiger partial charge in [0.15, 0.2) is 0 Å². The highest BCUT2D eigenvalue weighted by Crippen LogP contribution is 2.25. The summed E-state index contributed by atoms with van der Waals surface area (Å²) in [7, 11) is 5.29. The number of halogens is 1. The van der Waals surface area contributed by atoms with E-state index in [1.165, 1.54) is 26.2 Å². The van der Waals surface area contributed by atoms with Crippen LogP contribution in [0.2, 0.25) is 0 Å². The SMILES string of the molecule is COCC(=O)Nc1ccc(N(C)C)c(CN(Cc2ccc(F)cc2)C(C)=O)c1. The van der Waals surface area contributed by atoms with E-state index in [0.29, 0.717) is 18.8 Å². The molecule has 0 spiro atoms. The topological polar surface area (TPSA) is 61.9 Å². The van der Waals surface area contributed by atoms with E-state index in [1.54, 1.807) is 17.0 Å². The van der Waals surface area contributed by atoms with Crippen LogP contribution < -0.4 is 10.2 Å². The van der Waals surface area contributed by atoms with Crippen LogP contribution >= 0.6 is 0 Å². The van der Waals surface area contributed by atoms with Crippen molar-refractivity contribution in [1.29, 1.82) is 0 Å². The van der Waals surface area contributed by atoms with Crippen molar-refractivity contribution >= 4 is 23.2 Å². The van der Waals surface area contributed by atoms with Gasteiger partial charge in [-0.15, -0.1) is 0 Å². The van der Waals surface area contributed by atoms with E-state index < -0.39 is 0 Å². The van der Waals surface area contributed by atoms with Gasteiger partial charge in [-0.25, -0.2) is 4.39 Å². The molecule has 0 unspecified atom stereocenters. The molecule has 0 atom stereocenters. The smallest absolute Gasteiger partial charge is 0.250 e. The van der Waals surface area contributed by atoms with E-state index in [2.05, 4.69) is 5.32 Å². The van der Waals surface area contributed by atoms with Crippen LogP contribution in [0, 0.1) is 5.82 Å². The van der Waals surface area contributed by atoms with E-state index >= 15 is 0 Å². The zero-order valence-electron chi connectivity index (χ0n) is 16.7. The van der Waals surface area contributed by atoms with Crippen LogP contribution in [0.15, 0.2) is 42.5 Å². The third-order valence-corrected chi connectivity index (χ3v) is 4.21. The van der Waals surface area contributed by atoms with Crippen molar-refractivity contribution < 1.29 is 18.7 Å². The molecule has 6 nitrogen and oxygen atoms in total. The standard InChI is InChI=1S/C21H26FN3O3/c1-15(26)25(12-16-5-7-18(22)8-6-16)13-17-11-19(23-21(27)14-28-4)9-10-20(17)24(2)3/h5-11H,12-14H2,1-4H3,(H,23,27). The average molecular weight is 387 g/mol. The van der Waals surface area contributed by atoms with Crippen LogP contribution in [0.1, 0.15) is 18.1 Å². The van der Waals surface area contributed by atoms with E-state index in [-0.39, 0.29) is 24.2 Å². The molecule has 0 saturated carbocycles. The molecule has 0 aliphatic heterocycles. The Labute approximate surface area is 164 Å². The maximum Gasteiger partial charge on any atom is 0.250 e. The van der Waals surface area contributed by atoms with Crippen molar-refractivity contribution in [2.75, 3.05) is 38.0 Å². The van der Waals surface area contributed by atoms with Gasteiger partial charge in [0.1, 0.15) is 12.4 Å². The summed E-state index contributed by atoms with van der Waals surface area (Å²) in [5.41, 5.74) is 3.30. The summed E-state index contributed by atoms with van der Waals surface area (Å²) in [4.78, 5) is 27.6. The lowest BCUT2D eigenvalue weighted by molar-refractivity contribution is -0.130. The Morgan fingerprint density at radius 3 is 2.32 bits per heavy atom. The van der Waals surface area contributed by atoms with Crippen molar-refractivity contribution in [3.05, 3.63) is 59.4 Å². The maximum absolute atomic E-state index is 13.1. The Morgan fingerprint density at radius 2 is 1.75 bits per heavy atom. The lowest BCUT2D eigenvalue weighted by Gasteiger charge is -2.25. The molecule has 0 saturated heterocycles. The second-order valence-electron chi connectivity index (χ2n) is 6.72. The summed E-state index contributed by atoms with van der Waals surface area (Å²) < 4.78 is 18.0. The van der Waals surface area contributed by atoms with Gasteiger partial charge in [-0.2, -0.15) is 0 Å². The number of carbonyl (C=O) groups excluding carboxylic acids is 2. The highest BCUT2D eigenvalue weighted by Gasteiger charge is 2.15. The fourth-order valence-electron chi connectivity index (χ4n) is 2.85. The lowest BCUT2D eigenvalue weighted by atomic mass is 10.1. The third kappa shape index (κ3) is 6.06. The molecule has 0 aromatic heterocycles. The monoisotopic (exact) mass is 387 g/mol. The van der Waals surface area contributed by atoms with Crippen molar-refractivity contribution in [3.63, 3.8) is 0 Å². The predicted octanol–water partition coefficient (Wildman–Crippen LogP) is 3.03. The first-order valence-corrected chi connectivity index (χ1v) is 8.89. The van der Waals surface area contributed by atoms with Gasteiger partial charge in [0.05, 0.1) is 0 Å². The fourth-order valence-corrected chi connectivity index (χ4v) is 2.85. The summed E-state index contributed by atoms with van der Waals surface area (Å²) in [6, 6.07) is 11.6. The average Bonchev–Trinajstić information content (AvgIpc) is 2.63. The van der Waals surface area contributed by atoms with Crippen molar-refractivity contribution in [3.8, 4) is 0 Å². The minimum atomic E-state index is -0.312. The molecule has 0 bridgehead atoms. The number of ether oxygens (including phenoxy) is 1. The van der Waals surface area contributed by atoms with E-state index in [4.69, 9.17) is 4.74 Å². The van der Waals surface area contributed by atoms with Crippen LogP contribution in [0.4, 0.5) is 15.8 Å². The van der Waals surface area contributed by atoms with Gasteiger partial charge in [-0.1, -0.05) is 12.1 Å². The number of hydrogen-bond donors (Lipinski definition) is 1. The van der Waals surface area contributed by atoms with Gasteiger partial charge >= 0.3 is 0 Å². The molecule has 0 heterocycles. The minimum Gasteiger partial charge on any atom is -0.377 e. The first-order chi connectivity index (χ1) is 13.3. The molecule has 1 N–H and O–H groups in total. The van der Waals surface area contributed by atoms with Crippen LogP contribution in [0.25, 0.3) is 0 Å². The molecule has 0 aliphatic carbocycles. The molecule has 0 aliphatic rings. The predicted molar refractivity (Wildman–Crippen MR) is 108 cm³/mol. The number of nitrogens with zero attached hydrogens (tertiary/aromatic N) is 2. The Kier molecular flexibility index (Phi) is 7.52. The van der Waals surface area contributed by atoms with Crippen LogP contribution in [0.3, 0.4) is 0 Å². The highest BCUT2D eigenvalue weighted by molar-refractivity contribution is 5.92. The largest absolute Gasteiger partial charge is 0.377 e. The molecule has 2 aromatic rings. The molecule has 2 amide bonds. The highest BCUT2D eigenvalue weighted by atomic mass is 19.1. The number of nitrogens with one attached hydrogen (secondary N) is 1. The number of hydrogen-bond acceptors (Lipinski definition) is 4. The molecule has 0 fully saturated rings. The summed E-state index contributed by atoms with van der Waals surface area (Å²) in [5.74, 6) is -0.656. The molecule has 28 heavy (non-hydrogen) atoms. The van der Waals surface area contributed by atoms with Crippen LogP contribution in [-0.2, 0) is 27.4 Å². The third-order valence-electron chi connectivity index (χ3n) is 4.21. The summed E-state index contributed by atoms with van der Waals surface area (Å²) >= 11 is 0. The summed E-state index contributed by atoms with van der Waals surface area (Å²) in [6.07, 6.45) is 0. The van der Waals surface area contributed by atoms with Gasteiger partial charge in [-0.3, -0.25) is 9.59 Å². The van der Waals surface area contributed by atoms with Gasteiger partial charge in [0.25, 0.3) is 0 Å². The fraction of sp³-hybridized carbons (Fsp3) is 0.333. The molecule has 2 rings (SSSR count). The molecular weight excluding hydrogens is 361 g/mol. The number of anilines is 2. The first-order valence-electron chi connectivity index (χ1n) is 8.89. The van der Waals surface area contributed by atoms with Crippen LogP contribution in [-0.4, -0.2) is 44.5 Å². The van der Waals surface area contributed by atoms with E-state index in [1.807, 2.05) is 37.2 Å². The van der Waals surface area contributed by atoms with Crippen LogP contribution in [0.5, 0.6) is 0 Å². The number of rotatable bonds is 8. The lowest BCUT2D eigenvalue weighted by Crippen LogP contribution is -2.28. The Balaban J connectivity index is 2.26. The summed E-state index contributed by atoms with van der Waals surface area (Å²) in [5, 5.41) is 2.78. The maximum atomic E-state index is 13.1. The second-order valence-corrected chi connectivity index (χ2v) is 6.72. The molecular formula is C21H26FN3O3. The minimum absolute atomic E-state index is 0.0328. The first kappa shape index (κ1) is 21.4. The van der Waals surface area contributed by atoms with Gasteiger partial charge < -0.3 is 19.9 Å². The van der Waals surface area contributed by atoms with E-state index in [9.17, 15) is 14.0 Å².